The van der Waals surface area contributed by atoms with E-state index in [0.717, 1.165) is 24.4 Å². The Morgan fingerprint density at radius 2 is 1.96 bits per heavy atom. The number of nitrogens with one attached hydrogen (secondary N) is 1. The molecule has 0 aliphatic heterocycles. The van der Waals surface area contributed by atoms with E-state index < -0.39 is 34.8 Å². The van der Waals surface area contributed by atoms with Crippen LogP contribution in [0.3, 0.4) is 0 Å². The quantitative estimate of drug-likeness (QED) is 0.524. The lowest BCUT2D eigenvalue weighted by Gasteiger charge is -2.09. The van der Waals surface area contributed by atoms with Crippen molar-refractivity contribution in [1.29, 1.82) is 0 Å². The fourth-order valence-corrected chi connectivity index (χ4v) is 1.83. The Kier molecular flexibility index (Phi) is 4.77. The van der Waals surface area contributed by atoms with E-state index in [9.17, 15) is 32.5 Å². The molecule has 126 valence electrons. The fourth-order valence-electron chi connectivity index (χ4n) is 1.83. The summed E-state index contributed by atoms with van der Waals surface area (Å²) in [5, 5.41) is 12.8. The molecule has 0 radical (unpaired) electrons. The fraction of sp³-hybridized carbons (Fsp3) is 0.143. The third-order valence-corrected chi connectivity index (χ3v) is 2.95. The Morgan fingerprint density at radius 1 is 1.25 bits per heavy atom. The number of halogens is 4. The molecule has 10 heteroatoms. The summed E-state index contributed by atoms with van der Waals surface area (Å²) in [5.41, 5.74) is -1.71. The van der Waals surface area contributed by atoms with Gasteiger partial charge in [-0.2, -0.15) is 13.2 Å². The topological polar surface area (TPSA) is 85.1 Å². The van der Waals surface area contributed by atoms with Crippen molar-refractivity contribution in [2.75, 3.05) is 5.32 Å². The molecule has 0 bridgehead atoms. The SMILES string of the molecule is O=C(Cc1ccc(C(F)(F)F)cc1F)Nc1cc([N+](=O)[O-])ccn1. The first-order valence-electron chi connectivity index (χ1n) is 6.43. The smallest absolute Gasteiger partial charge is 0.310 e. The van der Waals surface area contributed by atoms with Crippen LogP contribution in [0.2, 0.25) is 0 Å². The molecule has 1 aromatic heterocycles. The van der Waals surface area contributed by atoms with Crippen molar-refractivity contribution in [2.45, 2.75) is 12.6 Å². The predicted molar refractivity (Wildman–Crippen MR) is 74.6 cm³/mol. The van der Waals surface area contributed by atoms with Gasteiger partial charge in [0.2, 0.25) is 5.91 Å². The lowest BCUT2D eigenvalue weighted by atomic mass is 10.1. The van der Waals surface area contributed by atoms with Crippen molar-refractivity contribution < 1.29 is 27.3 Å². The van der Waals surface area contributed by atoms with E-state index in [1.165, 1.54) is 0 Å². The summed E-state index contributed by atoms with van der Waals surface area (Å²) in [5.74, 6) is -2.07. The number of nitrogens with zero attached hydrogens (tertiary/aromatic N) is 2. The third kappa shape index (κ3) is 4.24. The van der Waals surface area contributed by atoms with Crippen LogP contribution in [0.5, 0.6) is 0 Å². The second-order valence-corrected chi connectivity index (χ2v) is 4.69. The molecule has 1 N–H and O–H groups in total. The molecule has 0 saturated heterocycles. The summed E-state index contributed by atoms with van der Waals surface area (Å²) in [4.78, 5) is 25.4. The average Bonchev–Trinajstić information content (AvgIpc) is 2.48. The summed E-state index contributed by atoms with van der Waals surface area (Å²) in [6, 6.07) is 3.94. The zero-order valence-electron chi connectivity index (χ0n) is 11.8. The van der Waals surface area contributed by atoms with Gasteiger partial charge in [-0.05, 0) is 17.7 Å². The zero-order valence-corrected chi connectivity index (χ0v) is 11.8. The number of aromatic nitrogens is 1. The maximum atomic E-state index is 13.7. The molecular weight excluding hydrogens is 334 g/mol. The molecule has 1 aromatic carbocycles. The predicted octanol–water partition coefficient (Wildman–Crippen LogP) is 3.33. The van der Waals surface area contributed by atoms with Crippen molar-refractivity contribution in [1.82, 2.24) is 4.98 Å². The normalized spacial score (nSPS) is 11.2. The van der Waals surface area contributed by atoms with E-state index in [0.29, 0.717) is 12.1 Å². The van der Waals surface area contributed by atoms with Crippen LogP contribution >= 0.6 is 0 Å². The van der Waals surface area contributed by atoms with Crippen LogP contribution < -0.4 is 5.32 Å². The Morgan fingerprint density at radius 3 is 2.54 bits per heavy atom. The Bertz CT molecular complexity index is 793. The molecule has 0 atom stereocenters. The van der Waals surface area contributed by atoms with E-state index in [2.05, 4.69) is 10.3 Å². The van der Waals surface area contributed by atoms with E-state index in [4.69, 9.17) is 0 Å². The highest BCUT2D eigenvalue weighted by Gasteiger charge is 2.31. The molecule has 0 fully saturated rings. The maximum absolute atomic E-state index is 13.7. The molecule has 0 saturated carbocycles. The minimum Gasteiger partial charge on any atom is -0.310 e. The Balaban J connectivity index is 2.10. The molecule has 1 amide bonds. The van der Waals surface area contributed by atoms with Crippen LogP contribution in [0.25, 0.3) is 0 Å². The molecule has 0 spiro atoms. The molecule has 24 heavy (non-hydrogen) atoms. The first kappa shape index (κ1) is 17.3. The molecule has 2 aromatic rings. The van der Waals surface area contributed by atoms with Gasteiger partial charge in [-0.25, -0.2) is 9.37 Å². The third-order valence-electron chi connectivity index (χ3n) is 2.95. The van der Waals surface area contributed by atoms with Crippen molar-refractivity contribution >= 4 is 17.4 Å². The molecule has 2 rings (SSSR count). The Labute approximate surface area is 132 Å². The largest absolute Gasteiger partial charge is 0.416 e. The van der Waals surface area contributed by atoms with Crippen molar-refractivity contribution in [3.05, 3.63) is 63.6 Å². The van der Waals surface area contributed by atoms with Crippen LogP contribution in [-0.2, 0) is 17.4 Å². The van der Waals surface area contributed by atoms with Gasteiger partial charge >= 0.3 is 6.18 Å². The highest BCUT2D eigenvalue weighted by molar-refractivity contribution is 5.91. The van der Waals surface area contributed by atoms with Crippen LogP contribution in [0.1, 0.15) is 11.1 Å². The standard InChI is InChI=1S/C14H9F4N3O3/c15-11-6-9(14(16,17)18)2-1-8(11)5-13(22)20-12-7-10(21(23)24)3-4-19-12/h1-4,6-7H,5H2,(H,19,20,22). The number of amides is 1. The number of carbonyl (C=O) groups is 1. The van der Waals surface area contributed by atoms with E-state index in [1.807, 2.05) is 0 Å². The minimum absolute atomic E-state index is 0.124. The lowest BCUT2D eigenvalue weighted by Crippen LogP contribution is -2.16. The van der Waals surface area contributed by atoms with Gasteiger partial charge < -0.3 is 5.32 Å². The van der Waals surface area contributed by atoms with E-state index >= 15 is 0 Å². The Hall–Kier alpha value is -3.04. The number of benzene rings is 1. The number of nitro groups is 1. The number of hydrogen-bond donors (Lipinski definition) is 1. The molecule has 0 aliphatic rings. The van der Waals surface area contributed by atoms with E-state index in [1.54, 1.807) is 0 Å². The van der Waals surface area contributed by atoms with Crippen LogP contribution in [0.15, 0.2) is 36.5 Å². The summed E-state index contributed by atoms with van der Waals surface area (Å²) in [6.07, 6.45) is -4.13. The van der Waals surface area contributed by atoms with Gasteiger partial charge in [-0.3, -0.25) is 14.9 Å². The highest BCUT2D eigenvalue weighted by atomic mass is 19.4. The highest BCUT2D eigenvalue weighted by Crippen LogP contribution is 2.30. The van der Waals surface area contributed by atoms with Crippen LogP contribution in [0, 0.1) is 15.9 Å². The van der Waals surface area contributed by atoms with Gasteiger partial charge in [-0.15, -0.1) is 0 Å². The number of alkyl halides is 3. The molecule has 6 nitrogen and oxygen atoms in total. The van der Waals surface area contributed by atoms with Crippen molar-refractivity contribution in [3.8, 4) is 0 Å². The van der Waals surface area contributed by atoms with Crippen molar-refractivity contribution in [3.63, 3.8) is 0 Å². The van der Waals surface area contributed by atoms with Crippen LogP contribution in [0.4, 0.5) is 29.1 Å². The second kappa shape index (κ2) is 6.60. The molecule has 0 aliphatic carbocycles. The van der Waals surface area contributed by atoms with Gasteiger partial charge in [-0.1, -0.05) is 6.07 Å². The maximum Gasteiger partial charge on any atom is 0.416 e. The average molecular weight is 343 g/mol. The van der Waals surface area contributed by atoms with Gasteiger partial charge in [0.15, 0.2) is 0 Å². The van der Waals surface area contributed by atoms with Gasteiger partial charge in [0.25, 0.3) is 5.69 Å². The summed E-state index contributed by atoms with van der Waals surface area (Å²) >= 11 is 0. The number of carbonyl (C=O) groups excluding carboxylic acids is 1. The number of hydrogen-bond acceptors (Lipinski definition) is 4. The number of pyridine rings is 1. The lowest BCUT2D eigenvalue weighted by molar-refractivity contribution is -0.384. The van der Waals surface area contributed by atoms with Crippen LogP contribution in [-0.4, -0.2) is 15.8 Å². The minimum atomic E-state index is -4.69. The summed E-state index contributed by atoms with van der Waals surface area (Å²) < 4.78 is 51.0. The summed E-state index contributed by atoms with van der Waals surface area (Å²) in [7, 11) is 0. The van der Waals surface area contributed by atoms with Gasteiger partial charge in [0.05, 0.1) is 23.0 Å². The molecular formula is C14H9F4N3O3. The molecule has 0 unspecified atom stereocenters. The molecule has 1 heterocycles. The van der Waals surface area contributed by atoms with Crippen molar-refractivity contribution in [2.24, 2.45) is 0 Å². The summed E-state index contributed by atoms with van der Waals surface area (Å²) in [6.45, 7) is 0. The van der Waals surface area contributed by atoms with E-state index in [-0.39, 0.29) is 17.1 Å². The zero-order chi connectivity index (χ0) is 17.9. The number of anilines is 1. The van der Waals surface area contributed by atoms with Gasteiger partial charge in [0.1, 0.15) is 11.6 Å². The first-order chi connectivity index (χ1) is 11.2. The second-order valence-electron chi connectivity index (χ2n) is 4.69. The number of rotatable bonds is 4. The first-order valence-corrected chi connectivity index (χ1v) is 6.43. The van der Waals surface area contributed by atoms with Gasteiger partial charge in [0, 0.05) is 12.3 Å². The monoisotopic (exact) mass is 343 g/mol.